The van der Waals surface area contributed by atoms with E-state index in [1.807, 2.05) is 27.7 Å². The van der Waals surface area contributed by atoms with Gasteiger partial charge in [-0.2, -0.15) is 0 Å². The number of ether oxygens (including phenoxy) is 5. The number of hydrogen-bond donors (Lipinski definition) is 7. The molecule has 11 rings (SSSR count). The molecule has 0 amide bonds. The molecule has 13 nitrogen and oxygen atoms in total. The molecule has 1 unspecified atom stereocenters. The lowest BCUT2D eigenvalue weighted by Gasteiger charge is -2.39. The van der Waals surface area contributed by atoms with Gasteiger partial charge in [0.2, 0.25) is 0 Å². The fourth-order valence-electron chi connectivity index (χ4n) is 13.9. The Morgan fingerprint density at radius 2 is 1.96 bits per heavy atom. The molecule has 3 aromatic carbocycles. The Labute approximate surface area is 450 Å². The number of aliphatic hydroxyl groups is 1. The number of fused-ring (bicyclic) bond motifs is 11. The number of benzene rings is 3. The van der Waals surface area contributed by atoms with E-state index < -0.39 is 12.0 Å². The van der Waals surface area contributed by atoms with Gasteiger partial charge in [0.05, 0.1) is 30.9 Å². The third-order valence-electron chi connectivity index (χ3n) is 17.6. The smallest absolute Gasteiger partial charge is 0.302 e. The molecule has 3 aliphatic carbocycles. The van der Waals surface area contributed by atoms with Gasteiger partial charge in [-0.3, -0.25) is 4.79 Å². The minimum Gasteiger partial charge on any atom is -0.508 e. The highest BCUT2D eigenvalue weighted by Crippen LogP contribution is 2.63. The second-order valence-corrected chi connectivity index (χ2v) is 24.9. The summed E-state index contributed by atoms with van der Waals surface area (Å²) in [5, 5.41) is 46.0. The zero-order chi connectivity index (χ0) is 52.0. The number of phenols is 2. The van der Waals surface area contributed by atoms with Gasteiger partial charge in [-0.1, -0.05) is 71.2 Å². The maximum absolute atomic E-state index is 13.1. The first-order valence-corrected chi connectivity index (χ1v) is 29.9. The monoisotopic (exact) mass is 1060 g/mol. The van der Waals surface area contributed by atoms with Crippen molar-refractivity contribution in [2.45, 2.75) is 139 Å². The van der Waals surface area contributed by atoms with Crippen LogP contribution in [0, 0.1) is 29.6 Å². The Morgan fingerprint density at radius 3 is 2.77 bits per heavy atom. The van der Waals surface area contributed by atoms with Crippen molar-refractivity contribution in [2.24, 2.45) is 23.5 Å². The number of methoxy groups -OCH3 is 2. The summed E-state index contributed by atoms with van der Waals surface area (Å²) in [5.74, 6) is 11.1. The van der Waals surface area contributed by atoms with Gasteiger partial charge in [0.1, 0.15) is 36.1 Å². The third kappa shape index (κ3) is 10.2. The standard InChI is InChI=1S/C60H74N4O9S2/c1-5-37-22-38-20-34-16-18-60(25-34)26-39-23-41(67)24-50(70-4)52(39)44-13-12-43-47(30-71-33(2)66)56(73-57(43)54(44)60)53-42(10-7-11-48(38)64-59(37)61)46(28-62-27-36(29-65)17-19-69-3)55(68)58-45(53)14-15-49-51(72-58)32-75-74-31-35-8-6-9-40(21-35)63-49/h12-15,22-24,34-36,40,47,49,51,56,59,62-65,67-68H,5-6,8-10,16-21,25-32,61H2,1-4H3/t34-,35-,36-,40+,47+,49+,51-,56+,59?,60-/m1/s1. The van der Waals surface area contributed by atoms with E-state index in [9.17, 15) is 20.1 Å². The van der Waals surface area contributed by atoms with E-state index in [1.54, 1.807) is 20.3 Å². The lowest BCUT2D eigenvalue weighted by molar-refractivity contribution is -0.141. The van der Waals surface area contributed by atoms with Crippen LogP contribution in [-0.4, -0.2) is 97.7 Å². The van der Waals surface area contributed by atoms with Gasteiger partial charge in [0.25, 0.3) is 0 Å². The molecule has 1 saturated heterocycles. The first kappa shape index (κ1) is 52.3. The Balaban J connectivity index is 1.16. The number of aromatic hydroxyl groups is 2. The number of phenolic OH excluding ortho intramolecular Hbond substituents is 2. The van der Waals surface area contributed by atoms with Gasteiger partial charge in [-0.05, 0) is 122 Å². The number of dihydropyridines is 1. The largest absolute Gasteiger partial charge is 0.508 e. The molecule has 5 heterocycles. The van der Waals surface area contributed by atoms with E-state index in [4.69, 9.17) is 29.4 Å². The van der Waals surface area contributed by atoms with Crippen LogP contribution in [0.3, 0.4) is 0 Å². The molecule has 3 fully saturated rings. The highest BCUT2D eigenvalue weighted by molar-refractivity contribution is 8.76. The number of rotatable bonds is 12. The van der Waals surface area contributed by atoms with Gasteiger partial charge < -0.3 is 60.7 Å². The molecule has 75 heavy (non-hydrogen) atoms. The van der Waals surface area contributed by atoms with Crippen LogP contribution in [0.4, 0.5) is 0 Å². The van der Waals surface area contributed by atoms with Gasteiger partial charge in [-0.15, -0.1) is 0 Å². The van der Waals surface area contributed by atoms with Gasteiger partial charge >= 0.3 is 5.97 Å². The lowest BCUT2D eigenvalue weighted by Crippen LogP contribution is -2.49. The summed E-state index contributed by atoms with van der Waals surface area (Å²) in [6.07, 6.45) is 15.9. The summed E-state index contributed by atoms with van der Waals surface area (Å²) >= 11 is 0. The summed E-state index contributed by atoms with van der Waals surface area (Å²) in [6.45, 7) is 4.87. The van der Waals surface area contributed by atoms with Crippen molar-refractivity contribution in [2.75, 3.05) is 52.1 Å². The molecule has 5 aliphatic heterocycles. The highest BCUT2D eigenvalue weighted by atomic mass is 33.1. The topological polar surface area (TPSA) is 186 Å². The van der Waals surface area contributed by atoms with Crippen molar-refractivity contribution < 1.29 is 43.8 Å². The van der Waals surface area contributed by atoms with Crippen LogP contribution in [0.1, 0.15) is 129 Å². The molecule has 10 atom stereocenters. The highest BCUT2D eigenvalue weighted by Gasteiger charge is 2.52. The third-order valence-corrected chi connectivity index (χ3v) is 20.1. The number of nitrogens with two attached hydrogens (primary N) is 1. The minimum absolute atomic E-state index is 0.0194. The second kappa shape index (κ2) is 22.3. The van der Waals surface area contributed by atoms with Crippen LogP contribution in [0.5, 0.6) is 28.7 Å². The van der Waals surface area contributed by atoms with Crippen molar-refractivity contribution in [3.05, 3.63) is 92.2 Å². The second-order valence-electron chi connectivity index (χ2n) is 22.3. The van der Waals surface area contributed by atoms with Crippen molar-refractivity contribution in [3.63, 3.8) is 0 Å². The van der Waals surface area contributed by atoms with E-state index in [0.29, 0.717) is 66.7 Å². The number of nitrogens with one attached hydrogen (secondary N) is 3. The van der Waals surface area contributed by atoms with E-state index in [0.717, 1.165) is 118 Å². The van der Waals surface area contributed by atoms with Crippen molar-refractivity contribution in [1.29, 1.82) is 0 Å². The molecule has 8 aliphatic rings. The Hall–Kier alpha value is -4.79. The molecule has 400 valence electrons. The molecular weight excluding hydrogens is 985 g/mol. The predicted molar refractivity (Wildman–Crippen MR) is 296 cm³/mol. The van der Waals surface area contributed by atoms with Crippen LogP contribution in [-0.2, 0) is 39.1 Å². The number of aliphatic hydroxyl groups excluding tert-OH is 1. The van der Waals surface area contributed by atoms with Crippen molar-refractivity contribution >= 4 is 33.6 Å². The average Bonchev–Trinajstić information content (AvgIpc) is 3.92. The zero-order valence-corrected chi connectivity index (χ0v) is 45.5. The van der Waals surface area contributed by atoms with Gasteiger partial charge in [0, 0.05) is 109 Å². The summed E-state index contributed by atoms with van der Waals surface area (Å²) in [5.41, 5.74) is 17.6. The molecule has 0 radical (unpaired) electrons. The van der Waals surface area contributed by atoms with Crippen LogP contribution in [0.2, 0.25) is 0 Å². The molecule has 1 spiro atoms. The number of carbonyl (C=O) groups excluding carboxylic acids is 1. The number of allylic oxidation sites excluding steroid dienone is 3. The van der Waals surface area contributed by atoms with Crippen molar-refractivity contribution in [1.82, 2.24) is 16.0 Å². The quantitative estimate of drug-likeness (QED) is 0.0518. The summed E-state index contributed by atoms with van der Waals surface area (Å²) in [4.78, 5) is 13.0. The van der Waals surface area contributed by atoms with Crippen LogP contribution in [0.15, 0.2) is 53.3 Å². The van der Waals surface area contributed by atoms with E-state index in [1.165, 1.54) is 19.8 Å². The Morgan fingerprint density at radius 1 is 1.09 bits per heavy atom. The maximum atomic E-state index is 13.1. The first-order valence-electron chi connectivity index (χ1n) is 27.4. The maximum Gasteiger partial charge on any atom is 0.302 e. The molecule has 15 heteroatoms. The van der Waals surface area contributed by atoms with Crippen LogP contribution < -0.4 is 35.9 Å². The van der Waals surface area contributed by atoms with E-state index in [-0.39, 0.29) is 73.3 Å². The van der Waals surface area contributed by atoms with Gasteiger partial charge in [-0.25, -0.2) is 0 Å². The minimum atomic E-state index is -0.710. The van der Waals surface area contributed by atoms with Crippen LogP contribution in [0.25, 0.3) is 17.2 Å². The van der Waals surface area contributed by atoms with E-state index >= 15 is 0 Å². The first-order chi connectivity index (χ1) is 36.5. The van der Waals surface area contributed by atoms with E-state index in [2.05, 4.69) is 65.1 Å². The number of hydrogen-bond acceptors (Lipinski definition) is 15. The predicted octanol–water partition coefficient (Wildman–Crippen LogP) is 9.00. The summed E-state index contributed by atoms with van der Waals surface area (Å²) < 4.78 is 32.7. The molecule has 0 aromatic heterocycles. The van der Waals surface area contributed by atoms with Crippen LogP contribution >= 0.6 is 21.6 Å². The molecule has 8 N–H and O–H groups in total. The Bertz CT molecular complexity index is 2860. The SMILES string of the molecule is CCC1=CC2=C(C#CCc3c(CNC[C@H](CO)CCOC)c(O)c4c(c3[C@H]3Oc5c(ccc6c5[C@@]5(CC[C@H](C2)C5)Cc2cc(O)cc(OC)c2-6)[C@@H]3COC(C)=O)C=C[C@@H]2N[C@H]3CCC[C@@H](CSSC[C@H]2O4)C3)NC1N. The summed E-state index contributed by atoms with van der Waals surface area (Å²) in [6, 6.07) is 8.15. The average molecular weight is 1060 g/mol. The zero-order valence-electron chi connectivity index (χ0n) is 43.9. The Kier molecular flexibility index (Phi) is 15.5. The summed E-state index contributed by atoms with van der Waals surface area (Å²) in [7, 11) is 7.09. The number of carbonyl (C=O) groups is 1. The lowest BCUT2D eigenvalue weighted by atomic mass is 9.65. The molecule has 2 saturated carbocycles. The molecular formula is C60H74N4O9S2. The molecule has 6 bridgehead atoms. The molecule has 3 aromatic rings. The van der Waals surface area contributed by atoms with Crippen molar-refractivity contribution in [3.8, 4) is 51.7 Å². The fraction of sp³-hybridized carbons (Fsp3) is 0.550. The number of esters is 1. The van der Waals surface area contributed by atoms with Gasteiger partial charge in [0.15, 0.2) is 11.5 Å². The fourth-order valence-corrected chi connectivity index (χ4v) is 16.6. The normalized spacial score (nSPS) is 28.5.